The van der Waals surface area contributed by atoms with Crippen molar-refractivity contribution in [1.29, 1.82) is 0 Å². The van der Waals surface area contributed by atoms with Crippen LogP contribution in [-0.4, -0.2) is 27.8 Å². The summed E-state index contributed by atoms with van der Waals surface area (Å²) in [6.07, 6.45) is 2.18. The Labute approximate surface area is 120 Å². The number of hydrogen-bond acceptors (Lipinski definition) is 4. The van der Waals surface area contributed by atoms with E-state index in [1.165, 1.54) is 0 Å². The fourth-order valence-electron chi connectivity index (χ4n) is 2.30. The lowest BCUT2D eigenvalue weighted by atomic mass is 10.0. The zero-order chi connectivity index (χ0) is 14.8. The van der Waals surface area contributed by atoms with Crippen LogP contribution in [0, 0.1) is 0 Å². The number of aromatic nitrogens is 2. The van der Waals surface area contributed by atoms with Gasteiger partial charge in [0.1, 0.15) is 0 Å². The summed E-state index contributed by atoms with van der Waals surface area (Å²) in [6, 6.07) is 6.15. The molecule has 0 fully saturated rings. The summed E-state index contributed by atoms with van der Waals surface area (Å²) in [4.78, 5) is 30.4. The Bertz CT molecular complexity index is 677. The molecule has 7 nitrogen and oxygen atoms in total. The van der Waals surface area contributed by atoms with Gasteiger partial charge in [0.25, 0.3) is 0 Å². The van der Waals surface area contributed by atoms with Crippen LogP contribution in [-0.2, 0) is 17.8 Å². The number of nitrogens with one attached hydrogen (secondary N) is 3. The number of carbonyl (C=O) groups is 2. The van der Waals surface area contributed by atoms with E-state index >= 15 is 0 Å². The van der Waals surface area contributed by atoms with Gasteiger partial charge in [0, 0.05) is 24.2 Å². The highest BCUT2D eigenvalue weighted by molar-refractivity contribution is 5.96. The van der Waals surface area contributed by atoms with Crippen molar-refractivity contribution in [2.75, 3.05) is 5.32 Å². The predicted octanol–water partition coefficient (Wildman–Crippen LogP) is 0.162. The second-order valence-corrected chi connectivity index (χ2v) is 4.90. The Morgan fingerprint density at radius 1 is 1.29 bits per heavy atom. The summed E-state index contributed by atoms with van der Waals surface area (Å²) in [5.74, 6) is -0.622. The summed E-state index contributed by atoms with van der Waals surface area (Å²) >= 11 is 0. The highest BCUT2D eigenvalue weighted by atomic mass is 16.2. The molecule has 1 atom stereocenters. The number of imidazole rings is 1. The highest BCUT2D eigenvalue weighted by Gasteiger charge is 2.25. The van der Waals surface area contributed by atoms with Gasteiger partial charge in [-0.25, -0.2) is 4.98 Å². The molecular weight excluding hydrogens is 270 g/mol. The van der Waals surface area contributed by atoms with E-state index in [4.69, 9.17) is 5.73 Å². The summed E-state index contributed by atoms with van der Waals surface area (Å²) < 4.78 is 0. The first-order chi connectivity index (χ1) is 10.1. The lowest BCUT2D eigenvalue weighted by Crippen LogP contribution is -2.44. The maximum Gasteiger partial charge on any atom is 0.248 e. The summed E-state index contributed by atoms with van der Waals surface area (Å²) in [5.41, 5.74) is 8.14. The van der Waals surface area contributed by atoms with E-state index in [1.54, 1.807) is 30.6 Å². The number of hydrogen-bond donors (Lipinski definition) is 4. The number of benzene rings is 1. The largest absolute Gasteiger partial charge is 0.366 e. The third kappa shape index (κ3) is 2.77. The van der Waals surface area contributed by atoms with Gasteiger partial charge in [-0.2, -0.15) is 0 Å². The average molecular weight is 285 g/mol. The average Bonchev–Trinajstić information content (AvgIpc) is 2.95. The number of nitrogens with two attached hydrogens (primary N) is 1. The summed E-state index contributed by atoms with van der Waals surface area (Å²) in [7, 11) is 0. The third-order valence-corrected chi connectivity index (χ3v) is 3.48. The number of nitrogens with zero attached hydrogens (tertiary/aromatic N) is 1. The fraction of sp³-hybridized carbons (Fsp3) is 0.214. The van der Waals surface area contributed by atoms with Crippen LogP contribution >= 0.6 is 0 Å². The van der Waals surface area contributed by atoms with Crippen LogP contribution in [0.15, 0.2) is 30.6 Å². The summed E-state index contributed by atoms with van der Waals surface area (Å²) in [6.45, 7) is 0.591. The van der Waals surface area contributed by atoms with Gasteiger partial charge in [0.05, 0.1) is 23.8 Å². The van der Waals surface area contributed by atoms with Gasteiger partial charge in [-0.1, -0.05) is 0 Å². The van der Waals surface area contributed by atoms with E-state index in [0.717, 1.165) is 11.4 Å². The van der Waals surface area contributed by atoms with Gasteiger partial charge in [0.2, 0.25) is 11.8 Å². The van der Waals surface area contributed by atoms with Crippen LogP contribution in [0.1, 0.15) is 21.7 Å². The molecule has 21 heavy (non-hydrogen) atoms. The smallest absolute Gasteiger partial charge is 0.248 e. The lowest BCUT2D eigenvalue weighted by molar-refractivity contribution is -0.118. The van der Waals surface area contributed by atoms with E-state index in [9.17, 15) is 9.59 Å². The molecule has 0 saturated carbocycles. The van der Waals surface area contributed by atoms with Crippen molar-refractivity contribution in [1.82, 2.24) is 15.3 Å². The molecule has 1 aliphatic heterocycles. The number of aromatic amines is 1. The number of rotatable bonds is 3. The Kier molecular flexibility index (Phi) is 3.41. The molecule has 1 aromatic heterocycles. The van der Waals surface area contributed by atoms with Crippen LogP contribution < -0.4 is 16.4 Å². The maximum absolute atomic E-state index is 12.2. The normalized spacial score (nSPS) is 17.0. The van der Waals surface area contributed by atoms with Gasteiger partial charge < -0.3 is 16.0 Å². The number of H-pyrrole nitrogens is 1. The Morgan fingerprint density at radius 3 is 2.76 bits per heavy atom. The zero-order valence-corrected chi connectivity index (χ0v) is 11.2. The highest BCUT2D eigenvalue weighted by Crippen LogP contribution is 2.14. The van der Waals surface area contributed by atoms with Crippen molar-refractivity contribution in [2.45, 2.75) is 19.0 Å². The molecule has 108 valence electrons. The number of amides is 2. The van der Waals surface area contributed by atoms with Crippen molar-refractivity contribution in [3.8, 4) is 0 Å². The molecule has 0 bridgehead atoms. The second kappa shape index (κ2) is 5.37. The van der Waals surface area contributed by atoms with Crippen LogP contribution in [0.2, 0.25) is 0 Å². The Morgan fingerprint density at radius 2 is 2.05 bits per heavy atom. The number of fused-ring (bicyclic) bond motifs is 1. The quantitative estimate of drug-likeness (QED) is 0.643. The van der Waals surface area contributed by atoms with E-state index in [0.29, 0.717) is 24.2 Å². The SMILES string of the molecule is NC(=O)c1ccc(NC(=O)C2Cc3nc[nH]c3CN2)cc1. The molecule has 0 radical (unpaired) electrons. The number of carbonyl (C=O) groups excluding carboxylic acids is 2. The molecule has 0 aliphatic carbocycles. The molecule has 1 aliphatic rings. The molecule has 7 heteroatoms. The van der Waals surface area contributed by atoms with Crippen molar-refractivity contribution >= 4 is 17.5 Å². The maximum atomic E-state index is 12.2. The van der Waals surface area contributed by atoms with Gasteiger partial charge in [-0.05, 0) is 24.3 Å². The second-order valence-electron chi connectivity index (χ2n) is 4.90. The van der Waals surface area contributed by atoms with E-state index < -0.39 is 5.91 Å². The minimum Gasteiger partial charge on any atom is -0.366 e. The monoisotopic (exact) mass is 285 g/mol. The first kappa shape index (κ1) is 13.3. The van der Waals surface area contributed by atoms with Crippen LogP contribution in [0.3, 0.4) is 0 Å². The molecule has 1 unspecified atom stereocenters. The Hall–Kier alpha value is -2.67. The van der Waals surface area contributed by atoms with Crippen LogP contribution in [0.5, 0.6) is 0 Å². The molecule has 5 N–H and O–H groups in total. The third-order valence-electron chi connectivity index (χ3n) is 3.48. The van der Waals surface area contributed by atoms with Gasteiger partial charge >= 0.3 is 0 Å². The van der Waals surface area contributed by atoms with Gasteiger partial charge in [0.15, 0.2) is 0 Å². The van der Waals surface area contributed by atoms with Crippen molar-refractivity contribution in [3.05, 3.63) is 47.5 Å². The molecule has 2 amide bonds. The van der Waals surface area contributed by atoms with E-state index in [-0.39, 0.29) is 11.9 Å². The van der Waals surface area contributed by atoms with Gasteiger partial charge in [-0.15, -0.1) is 0 Å². The zero-order valence-electron chi connectivity index (χ0n) is 11.2. The molecule has 0 spiro atoms. The van der Waals surface area contributed by atoms with E-state index in [1.807, 2.05) is 0 Å². The van der Waals surface area contributed by atoms with Crippen LogP contribution in [0.4, 0.5) is 5.69 Å². The topological polar surface area (TPSA) is 113 Å². The number of primary amides is 1. The lowest BCUT2D eigenvalue weighted by Gasteiger charge is -2.22. The first-order valence-corrected chi connectivity index (χ1v) is 6.59. The van der Waals surface area contributed by atoms with Crippen molar-refractivity contribution < 1.29 is 9.59 Å². The van der Waals surface area contributed by atoms with Crippen LogP contribution in [0.25, 0.3) is 0 Å². The Balaban J connectivity index is 1.65. The fourth-order valence-corrected chi connectivity index (χ4v) is 2.30. The molecular formula is C14H15N5O2. The summed E-state index contributed by atoms with van der Waals surface area (Å²) in [5, 5.41) is 5.96. The minimum atomic E-state index is -0.493. The molecule has 2 heterocycles. The van der Waals surface area contributed by atoms with E-state index in [2.05, 4.69) is 20.6 Å². The molecule has 2 aromatic rings. The molecule has 3 rings (SSSR count). The van der Waals surface area contributed by atoms with Crippen molar-refractivity contribution in [2.24, 2.45) is 5.73 Å². The number of anilines is 1. The molecule has 0 saturated heterocycles. The van der Waals surface area contributed by atoms with Crippen molar-refractivity contribution in [3.63, 3.8) is 0 Å². The standard InChI is InChI=1S/C14H15N5O2/c15-13(20)8-1-3-9(4-2-8)19-14(21)11-5-10-12(6-16-11)18-7-17-10/h1-4,7,11,16H,5-6H2,(H2,15,20)(H,17,18)(H,19,21). The predicted molar refractivity (Wildman–Crippen MR) is 76.5 cm³/mol. The minimum absolute atomic E-state index is 0.129. The van der Waals surface area contributed by atoms with Gasteiger partial charge in [-0.3, -0.25) is 14.9 Å². The first-order valence-electron chi connectivity index (χ1n) is 6.59. The molecule has 1 aromatic carbocycles.